The van der Waals surface area contributed by atoms with Crippen molar-refractivity contribution in [2.45, 2.75) is 29.5 Å². The fourth-order valence-electron chi connectivity index (χ4n) is 3.84. The molecule has 1 aliphatic heterocycles. The van der Waals surface area contributed by atoms with Crippen molar-refractivity contribution in [1.29, 1.82) is 0 Å². The van der Waals surface area contributed by atoms with E-state index in [0.29, 0.717) is 29.1 Å². The Morgan fingerprint density at radius 2 is 1.83 bits per heavy atom. The normalized spacial score (nSPS) is 18.8. The number of esters is 1. The van der Waals surface area contributed by atoms with Gasteiger partial charge in [-0.3, -0.25) is 9.69 Å². The van der Waals surface area contributed by atoms with Gasteiger partial charge in [0.25, 0.3) is 0 Å². The van der Waals surface area contributed by atoms with Gasteiger partial charge in [0.15, 0.2) is 0 Å². The minimum Gasteiger partial charge on any atom is -0.468 e. The van der Waals surface area contributed by atoms with Crippen LogP contribution in [0.3, 0.4) is 0 Å². The lowest BCUT2D eigenvalue weighted by molar-refractivity contribution is -0.147. The summed E-state index contributed by atoms with van der Waals surface area (Å²) in [4.78, 5) is 28.9. The van der Waals surface area contributed by atoms with Crippen LogP contribution in [0.2, 0.25) is 5.02 Å². The van der Waals surface area contributed by atoms with E-state index in [0.717, 1.165) is 16.4 Å². The van der Waals surface area contributed by atoms with Crippen LogP contribution in [0.25, 0.3) is 0 Å². The van der Waals surface area contributed by atoms with Gasteiger partial charge in [-0.2, -0.15) is 0 Å². The maximum Gasteiger partial charge on any atom is 0.327 e. The Kier molecular flexibility index (Phi) is 9.04. The highest BCUT2D eigenvalue weighted by Gasteiger charge is 2.37. The van der Waals surface area contributed by atoms with Gasteiger partial charge in [0, 0.05) is 43.5 Å². The lowest BCUT2D eigenvalue weighted by Crippen LogP contribution is -2.43. The third kappa shape index (κ3) is 6.67. The van der Waals surface area contributed by atoms with E-state index >= 15 is 0 Å². The highest BCUT2D eigenvalue weighted by molar-refractivity contribution is 8.72. The van der Waals surface area contributed by atoms with E-state index in [1.165, 1.54) is 18.1 Å². The third-order valence-corrected chi connectivity index (χ3v) is 10.0. The summed E-state index contributed by atoms with van der Waals surface area (Å²) in [6, 6.07) is 12.9. The van der Waals surface area contributed by atoms with Crippen LogP contribution >= 0.6 is 22.4 Å². The first-order valence-electron chi connectivity index (χ1n) is 11.0. The van der Waals surface area contributed by atoms with Crippen LogP contribution in [0, 0.1) is 6.92 Å². The van der Waals surface area contributed by atoms with Gasteiger partial charge in [0.1, 0.15) is 6.04 Å². The number of nitrogens with zero attached hydrogens (tertiary/aromatic N) is 2. The number of benzene rings is 2. The maximum atomic E-state index is 13.1. The van der Waals surface area contributed by atoms with E-state index < -0.39 is 26.1 Å². The van der Waals surface area contributed by atoms with Gasteiger partial charge in [-0.15, -0.1) is 0 Å². The predicted octanol–water partition coefficient (Wildman–Crippen LogP) is 4.07. The molecule has 0 N–H and O–H groups in total. The zero-order chi connectivity index (χ0) is 25.8. The number of hydrogen-bond acceptors (Lipinski definition) is 7. The fraction of sp³-hybridized carbons (Fsp3) is 0.360. The zero-order valence-electron chi connectivity index (χ0n) is 20.1. The number of rotatable bonds is 7. The molecule has 35 heavy (non-hydrogen) atoms. The molecule has 0 aliphatic carbocycles. The summed E-state index contributed by atoms with van der Waals surface area (Å²) < 4.78 is 31.4. The van der Waals surface area contributed by atoms with Gasteiger partial charge in [-0.1, -0.05) is 47.5 Å². The summed E-state index contributed by atoms with van der Waals surface area (Å²) in [5, 5.41) is -0.0257. The monoisotopic (exact) mass is 536 g/mol. The second-order valence-corrected chi connectivity index (χ2v) is 13.0. The standard InChI is InChI=1S/C25H29ClN2O5S2/c1-17-9-11-19(12-10-17)35(31,32)34-22-13-14-28(16-18(22)15-23(29)27(2)3)24(25(30)33-4)20-7-5-6-8-21(20)26/h5-12,15,22,24H,13-14,16H2,1-4H3. The molecule has 1 aliphatic rings. The Bertz CT molecular complexity index is 1210. The number of carbonyl (C=O) groups is 2. The molecular weight excluding hydrogens is 508 g/mol. The minimum absolute atomic E-state index is 0.214. The first kappa shape index (κ1) is 27.3. The average molecular weight is 537 g/mol. The van der Waals surface area contributed by atoms with Crippen LogP contribution in [0.15, 0.2) is 65.1 Å². The topological polar surface area (TPSA) is 84.0 Å². The van der Waals surface area contributed by atoms with Crippen LogP contribution in [0.5, 0.6) is 0 Å². The minimum atomic E-state index is -3.66. The van der Waals surface area contributed by atoms with Gasteiger partial charge in [-0.25, -0.2) is 13.2 Å². The molecule has 1 heterocycles. The molecule has 2 aromatic rings. The van der Waals surface area contributed by atoms with Crippen molar-refractivity contribution in [1.82, 2.24) is 9.80 Å². The highest BCUT2D eigenvalue weighted by atomic mass is 35.5. The molecule has 2 aromatic carbocycles. The van der Waals surface area contributed by atoms with Crippen LogP contribution < -0.4 is 0 Å². The number of hydrogen-bond donors (Lipinski definition) is 0. The molecule has 2 unspecified atom stereocenters. The molecule has 1 amide bonds. The Labute approximate surface area is 215 Å². The molecule has 7 nitrogen and oxygen atoms in total. The predicted molar refractivity (Wildman–Crippen MR) is 139 cm³/mol. The van der Waals surface area contributed by atoms with E-state index in [1.807, 2.05) is 11.8 Å². The summed E-state index contributed by atoms with van der Waals surface area (Å²) in [5.41, 5.74) is 2.18. The molecule has 1 fully saturated rings. The number of likely N-dealkylation sites (N-methyl/N-ethyl adjacent to an activating group) is 1. The summed E-state index contributed by atoms with van der Waals surface area (Å²) in [6.45, 7) is 2.52. The van der Waals surface area contributed by atoms with Crippen molar-refractivity contribution in [2.24, 2.45) is 0 Å². The Morgan fingerprint density at radius 3 is 2.43 bits per heavy atom. The Morgan fingerprint density at radius 1 is 1.17 bits per heavy atom. The van der Waals surface area contributed by atoms with Crippen molar-refractivity contribution in [3.8, 4) is 0 Å². The second-order valence-electron chi connectivity index (χ2n) is 8.51. The zero-order valence-corrected chi connectivity index (χ0v) is 22.5. The van der Waals surface area contributed by atoms with Crippen molar-refractivity contribution in [2.75, 3.05) is 34.3 Å². The molecular formula is C25H29ClN2O5S2. The average Bonchev–Trinajstić information content (AvgIpc) is 2.81. The first-order chi connectivity index (χ1) is 16.5. The molecule has 0 radical (unpaired) electrons. The van der Waals surface area contributed by atoms with Crippen molar-refractivity contribution < 1.29 is 22.7 Å². The number of amides is 1. The molecule has 3 rings (SSSR count). The fourth-order valence-corrected chi connectivity index (χ4v) is 7.67. The molecule has 0 bridgehead atoms. The number of methoxy groups -OCH3 is 1. The van der Waals surface area contributed by atoms with Gasteiger partial charge in [-0.05, 0) is 53.5 Å². The van der Waals surface area contributed by atoms with E-state index in [-0.39, 0.29) is 17.3 Å². The van der Waals surface area contributed by atoms with E-state index in [1.54, 1.807) is 62.6 Å². The van der Waals surface area contributed by atoms with E-state index in [4.69, 9.17) is 16.3 Å². The molecule has 0 saturated carbocycles. The number of carbonyl (C=O) groups excluding carboxylic acids is 2. The van der Waals surface area contributed by atoms with Crippen molar-refractivity contribution in [3.05, 3.63) is 76.3 Å². The Balaban J connectivity index is 1.95. The number of piperidine rings is 1. The van der Waals surface area contributed by atoms with E-state index in [2.05, 4.69) is 0 Å². The third-order valence-electron chi connectivity index (χ3n) is 5.77. The molecule has 1 saturated heterocycles. The number of halogens is 1. The molecule has 188 valence electrons. The van der Waals surface area contributed by atoms with Crippen molar-refractivity contribution >= 4 is 43.1 Å². The number of aryl methyl sites for hydroxylation is 1. The summed E-state index contributed by atoms with van der Waals surface area (Å²) >= 11 is 6.40. The molecule has 0 spiro atoms. The van der Waals surface area contributed by atoms with Crippen LogP contribution in [-0.2, 0) is 23.2 Å². The van der Waals surface area contributed by atoms with Crippen LogP contribution in [0.1, 0.15) is 23.6 Å². The highest BCUT2D eigenvalue weighted by Crippen LogP contribution is 2.39. The first-order valence-corrected chi connectivity index (χ1v) is 14.3. The summed E-state index contributed by atoms with van der Waals surface area (Å²) in [6.07, 6.45) is 1.88. The second kappa shape index (κ2) is 11.6. The molecule has 10 heteroatoms. The number of likely N-dealkylation sites (tertiary alicyclic amines) is 1. The maximum absolute atomic E-state index is 13.1. The van der Waals surface area contributed by atoms with Crippen LogP contribution in [-0.4, -0.2) is 69.6 Å². The smallest absolute Gasteiger partial charge is 0.327 e. The largest absolute Gasteiger partial charge is 0.468 e. The SMILES string of the molecule is COC(=O)C(c1ccccc1Cl)N1CCC(SS(=O)(=O)c2ccc(C)cc2)C(=CC(=O)N(C)C)C1. The lowest BCUT2D eigenvalue weighted by Gasteiger charge is -2.38. The lowest BCUT2D eigenvalue weighted by atomic mass is 9.98. The van der Waals surface area contributed by atoms with Crippen molar-refractivity contribution in [3.63, 3.8) is 0 Å². The molecule has 0 aromatic heterocycles. The van der Waals surface area contributed by atoms with Gasteiger partial charge < -0.3 is 9.64 Å². The summed E-state index contributed by atoms with van der Waals surface area (Å²) in [5.74, 6) is -0.734. The van der Waals surface area contributed by atoms with Gasteiger partial charge in [0.2, 0.25) is 14.8 Å². The van der Waals surface area contributed by atoms with Crippen LogP contribution in [0.4, 0.5) is 0 Å². The molecule has 2 atom stereocenters. The van der Waals surface area contributed by atoms with E-state index in [9.17, 15) is 18.0 Å². The van der Waals surface area contributed by atoms with Gasteiger partial charge >= 0.3 is 5.97 Å². The number of ether oxygens (including phenoxy) is 1. The summed E-state index contributed by atoms with van der Waals surface area (Å²) in [7, 11) is 1.75. The van der Waals surface area contributed by atoms with Gasteiger partial charge in [0.05, 0.1) is 12.0 Å². The Hall–Kier alpha value is -2.33. The quantitative estimate of drug-likeness (QED) is 0.299.